The number of anilines is 1. The molecular weight excluding hydrogens is 396 g/mol. The summed E-state index contributed by atoms with van der Waals surface area (Å²) in [5, 5.41) is 5.50. The fourth-order valence-electron chi connectivity index (χ4n) is 3.65. The highest BCUT2D eigenvalue weighted by atomic mass is 16.5. The Morgan fingerprint density at radius 3 is 2.13 bits per heavy atom. The van der Waals surface area contributed by atoms with Gasteiger partial charge >= 0.3 is 0 Å². The van der Waals surface area contributed by atoms with Gasteiger partial charge in [0.1, 0.15) is 50.8 Å². The van der Waals surface area contributed by atoms with Gasteiger partial charge in [0, 0.05) is 18.3 Å². The number of rotatable bonds is 9. The zero-order valence-corrected chi connectivity index (χ0v) is 18.2. The third kappa shape index (κ3) is 6.97. The van der Waals surface area contributed by atoms with Gasteiger partial charge in [-0.05, 0) is 48.5 Å². The largest absolute Gasteiger partial charge is 0.497 e. The molecule has 0 aliphatic carbocycles. The van der Waals surface area contributed by atoms with Gasteiger partial charge in [0.15, 0.2) is 6.54 Å². The topological polar surface area (TPSA) is 85.5 Å². The highest BCUT2D eigenvalue weighted by Crippen LogP contribution is 2.16. The van der Waals surface area contributed by atoms with Crippen molar-refractivity contribution < 1.29 is 28.9 Å². The molecule has 31 heavy (non-hydrogen) atoms. The van der Waals surface area contributed by atoms with Crippen molar-refractivity contribution in [2.45, 2.75) is 0 Å². The molecule has 0 atom stereocenters. The number of carbonyl (C=O) groups is 2. The first-order valence-corrected chi connectivity index (χ1v) is 10.6. The van der Waals surface area contributed by atoms with E-state index in [1.54, 1.807) is 38.4 Å². The summed E-state index contributed by atoms with van der Waals surface area (Å²) in [6.07, 6.45) is 0. The van der Waals surface area contributed by atoms with Crippen LogP contribution < -0.4 is 29.9 Å². The van der Waals surface area contributed by atoms with Gasteiger partial charge in [0.25, 0.3) is 11.8 Å². The van der Waals surface area contributed by atoms with E-state index in [0.29, 0.717) is 24.4 Å². The molecule has 8 nitrogen and oxygen atoms in total. The van der Waals surface area contributed by atoms with Crippen LogP contribution in [0.1, 0.15) is 10.4 Å². The quantitative estimate of drug-likeness (QED) is 0.407. The Balaban J connectivity index is 1.33. The Morgan fingerprint density at radius 1 is 0.903 bits per heavy atom. The molecule has 166 valence electrons. The van der Waals surface area contributed by atoms with Gasteiger partial charge in [-0.25, -0.2) is 0 Å². The molecule has 4 N–H and O–H groups in total. The molecule has 0 bridgehead atoms. The van der Waals surface area contributed by atoms with Gasteiger partial charge in [-0.1, -0.05) is 0 Å². The number of hydrogen-bond donors (Lipinski definition) is 4. The van der Waals surface area contributed by atoms with Gasteiger partial charge < -0.3 is 29.9 Å². The minimum absolute atomic E-state index is 0.00557. The lowest BCUT2D eigenvalue weighted by Gasteiger charge is -2.29. The summed E-state index contributed by atoms with van der Waals surface area (Å²) in [7, 11) is 3.24. The van der Waals surface area contributed by atoms with Crippen molar-refractivity contribution in [2.24, 2.45) is 0 Å². The highest BCUT2D eigenvalue weighted by molar-refractivity contribution is 5.95. The van der Waals surface area contributed by atoms with Gasteiger partial charge in [-0.3, -0.25) is 9.59 Å². The summed E-state index contributed by atoms with van der Waals surface area (Å²) in [6.45, 7) is 6.03. The predicted molar refractivity (Wildman–Crippen MR) is 118 cm³/mol. The Kier molecular flexibility index (Phi) is 8.26. The van der Waals surface area contributed by atoms with E-state index < -0.39 is 0 Å². The van der Waals surface area contributed by atoms with E-state index in [-0.39, 0.29) is 11.8 Å². The van der Waals surface area contributed by atoms with Gasteiger partial charge in [0.05, 0.1) is 7.11 Å². The van der Waals surface area contributed by atoms with Crippen molar-refractivity contribution in [3.05, 3.63) is 54.1 Å². The van der Waals surface area contributed by atoms with Crippen LogP contribution >= 0.6 is 0 Å². The van der Waals surface area contributed by atoms with E-state index in [4.69, 9.17) is 9.47 Å². The minimum Gasteiger partial charge on any atom is -0.497 e. The lowest BCUT2D eigenvalue weighted by atomic mass is 10.2. The Morgan fingerprint density at radius 2 is 1.52 bits per heavy atom. The van der Waals surface area contributed by atoms with Crippen LogP contribution in [-0.2, 0) is 4.79 Å². The van der Waals surface area contributed by atoms with Crippen LogP contribution in [0.25, 0.3) is 0 Å². The van der Waals surface area contributed by atoms with E-state index in [1.807, 2.05) is 24.3 Å². The SMILES string of the molecule is CNC(=O)c1ccc(NC(=O)C[NH+]2CC[NH+](CCOc3ccc(OC)cc3)CC2)cc1. The smallest absolute Gasteiger partial charge is 0.279 e. The van der Waals surface area contributed by atoms with Crippen LogP contribution in [0, 0.1) is 0 Å². The molecule has 2 aromatic rings. The fourth-order valence-corrected chi connectivity index (χ4v) is 3.65. The maximum absolute atomic E-state index is 12.4. The minimum atomic E-state index is -0.142. The average Bonchev–Trinajstić information content (AvgIpc) is 2.80. The number of methoxy groups -OCH3 is 1. The lowest BCUT2D eigenvalue weighted by Crippen LogP contribution is -3.28. The molecule has 0 unspecified atom stereocenters. The van der Waals surface area contributed by atoms with Crippen molar-refractivity contribution in [1.29, 1.82) is 0 Å². The van der Waals surface area contributed by atoms with Crippen LogP contribution in [0.5, 0.6) is 11.5 Å². The predicted octanol–water partition coefficient (Wildman–Crippen LogP) is -1.14. The van der Waals surface area contributed by atoms with E-state index in [9.17, 15) is 9.59 Å². The van der Waals surface area contributed by atoms with E-state index in [1.165, 1.54) is 9.80 Å². The van der Waals surface area contributed by atoms with Crippen molar-refractivity contribution in [3.63, 3.8) is 0 Å². The Bertz CT molecular complexity index is 847. The van der Waals surface area contributed by atoms with Crippen molar-refractivity contribution in [2.75, 3.05) is 65.3 Å². The monoisotopic (exact) mass is 428 g/mol. The second kappa shape index (κ2) is 11.3. The summed E-state index contributed by atoms with van der Waals surface area (Å²) in [4.78, 5) is 26.7. The standard InChI is InChI=1S/C23H30N4O4/c1-24-23(29)18-3-5-19(6-4-18)25-22(28)17-27-13-11-26(12-14-27)15-16-31-21-9-7-20(30-2)8-10-21/h3-10H,11-17H2,1-2H3,(H,24,29)(H,25,28)/p+2. The zero-order chi connectivity index (χ0) is 22.1. The molecule has 1 heterocycles. The van der Waals surface area contributed by atoms with Crippen LogP contribution in [0.15, 0.2) is 48.5 Å². The second-order valence-corrected chi connectivity index (χ2v) is 7.66. The molecule has 1 saturated heterocycles. The molecule has 8 heteroatoms. The van der Waals surface area contributed by atoms with Crippen molar-refractivity contribution in [1.82, 2.24) is 5.32 Å². The fraction of sp³-hybridized carbons (Fsp3) is 0.391. The summed E-state index contributed by atoms with van der Waals surface area (Å²) in [5.41, 5.74) is 1.28. The normalized spacial score (nSPS) is 18.1. The van der Waals surface area contributed by atoms with Crippen molar-refractivity contribution in [3.8, 4) is 11.5 Å². The van der Waals surface area contributed by atoms with E-state index >= 15 is 0 Å². The molecule has 1 aliphatic rings. The molecule has 0 radical (unpaired) electrons. The first-order chi connectivity index (χ1) is 15.1. The lowest BCUT2D eigenvalue weighted by molar-refractivity contribution is -1.01. The molecule has 2 aromatic carbocycles. The summed E-state index contributed by atoms with van der Waals surface area (Å²) in [6, 6.07) is 14.5. The van der Waals surface area contributed by atoms with Crippen LogP contribution in [0.2, 0.25) is 0 Å². The Hall–Kier alpha value is -3.10. The molecule has 2 amide bonds. The third-order valence-electron chi connectivity index (χ3n) is 5.52. The summed E-state index contributed by atoms with van der Waals surface area (Å²) >= 11 is 0. The zero-order valence-electron chi connectivity index (χ0n) is 18.2. The molecule has 3 rings (SSSR count). The maximum Gasteiger partial charge on any atom is 0.279 e. The average molecular weight is 429 g/mol. The molecule has 1 aliphatic heterocycles. The highest BCUT2D eigenvalue weighted by Gasteiger charge is 2.24. The molecular formula is C23H32N4O4+2. The van der Waals surface area contributed by atoms with Crippen LogP contribution in [0.4, 0.5) is 5.69 Å². The molecule has 0 saturated carbocycles. The number of carbonyl (C=O) groups excluding carboxylic acids is 2. The van der Waals surface area contributed by atoms with Gasteiger partial charge in [-0.2, -0.15) is 0 Å². The first-order valence-electron chi connectivity index (χ1n) is 10.6. The first kappa shape index (κ1) is 22.6. The van der Waals surface area contributed by atoms with Gasteiger partial charge in [0.2, 0.25) is 0 Å². The maximum atomic E-state index is 12.4. The molecule has 1 fully saturated rings. The van der Waals surface area contributed by atoms with Crippen LogP contribution in [-0.4, -0.2) is 71.8 Å². The Labute approximate surface area is 183 Å². The third-order valence-corrected chi connectivity index (χ3v) is 5.52. The van der Waals surface area contributed by atoms with Gasteiger partial charge in [-0.15, -0.1) is 0 Å². The number of amides is 2. The number of benzene rings is 2. The number of piperazine rings is 1. The molecule has 0 aromatic heterocycles. The van der Waals surface area contributed by atoms with E-state index in [2.05, 4.69) is 10.6 Å². The number of hydrogen-bond acceptors (Lipinski definition) is 4. The number of nitrogens with one attached hydrogen (secondary N) is 4. The summed E-state index contributed by atoms with van der Waals surface area (Å²) in [5.74, 6) is 1.53. The molecule has 0 spiro atoms. The number of ether oxygens (including phenoxy) is 2. The van der Waals surface area contributed by atoms with Crippen molar-refractivity contribution >= 4 is 17.5 Å². The number of quaternary nitrogens is 2. The summed E-state index contributed by atoms with van der Waals surface area (Å²) < 4.78 is 11.0. The van der Waals surface area contributed by atoms with Crippen LogP contribution in [0.3, 0.4) is 0 Å². The van der Waals surface area contributed by atoms with E-state index in [0.717, 1.165) is 44.2 Å². The second-order valence-electron chi connectivity index (χ2n) is 7.66.